The highest BCUT2D eigenvalue weighted by molar-refractivity contribution is 14.0. The molecule has 0 amide bonds. The molecule has 0 aromatic heterocycles. The van der Waals surface area contributed by atoms with Gasteiger partial charge in [0.2, 0.25) is 0 Å². The van der Waals surface area contributed by atoms with Crippen molar-refractivity contribution >= 4 is 40.7 Å². The predicted octanol–water partition coefficient (Wildman–Crippen LogP) is 3.68. The first-order valence-corrected chi connectivity index (χ1v) is 10.2. The van der Waals surface area contributed by atoms with E-state index < -0.39 is 10.8 Å². The molecule has 1 aliphatic rings. The van der Waals surface area contributed by atoms with Gasteiger partial charge < -0.3 is 10.6 Å². The summed E-state index contributed by atoms with van der Waals surface area (Å²) in [6, 6.07) is 0. The van der Waals surface area contributed by atoms with E-state index >= 15 is 0 Å². The Bertz CT molecular complexity index is 363. The molecule has 1 aliphatic carbocycles. The molecule has 1 fully saturated rings. The molecule has 2 N–H and O–H groups in total. The summed E-state index contributed by atoms with van der Waals surface area (Å²) in [6.45, 7) is 10.6. The summed E-state index contributed by atoms with van der Waals surface area (Å²) in [7, 11) is -0.812. The molecule has 0 radical (unpaired) electrons. The first-order chi connectivity index (χ1) is 10.4. The summed E-state index contributed by atoms with van der Waals surface area (Å²) < 4.78 is 11.9. The van der Waals surface area contributed by atoms with Gasteiger partial charge in [-0.25, -0.2) is 0 Å². The Kier molecular flexibility index (Phi) is 12.6. The zero-order valence-electron chi connectivity index (χ0n) is 15.3. The lowest BCUT2D eigenvalue weighted by Crippen LogP contribution is -2.40. The van der Waals surface area contributed by atoms with Crippen LogP contribution >= 0.6 is 24.0 Å². The molecule has 4 nitrogen and oxygen atoms in total. The SMILES string of the molecule is CCNC(=NCCCC1CCCC1)NCCS(=O)C(C)(C)C.I. The molecule has 0 bridgehead atoms. The maximum absolute atomic E-state index is 12.0. The molecule has 0 spiro atoms. The number of rotatable bonds is 8. The second kappa shape index (κ2) is 12.5. The molecule has 0 aliphatic heterocycles. The average Bonchev–Trinajstić information content (AvgIpc) is 2.95. The monoisotopic (exact) mass is 457 g/mol. The smallest absolute Gasteiger partial charge is 0.191 e. The molecule has 0 aromatic rings. The van der Waals surface area contributed by atoms with E-state index in [2.05, 4.69) is 22.5 Å². The predicted molar refractivity (Wildman–Crippen MR) is 113 cm³/mol. The molecule has 0 aromatic carbocycles. The number of nitrogens with one attached hydrogen (secondary N) is 2. The van der Waals surface area contributed by atoms with Crippen LogP contribution in [-0.2, 0) is 10.8 Å². The van der Waals surface area contributed by atoms with E-state index in [4.69, 9.17) is 0 Å². The van der Waals surface area contributed by atoms with Gasteiger partial charge in [-0.3, -0.25) is 9.20 Å². The van der Waals surface area contributed by atoms with Crippen LogP contribution in [0.1, 0.15) is 66.2 Å². The number of nitrogens with zero attached hydrogens (tertiary/aromatic N) is 1. The minimum Gasteiger partial charge on any atom is -0.357 e. The third-order valence-corrected chi connectivity index (χ3v) is 6.06. The van der Waals surface area contributed by atoms with E-state index in [0.29, 0.717) is 12.3 Å². The van der Waals surface area contributed by atoms with Gasteiger partial charge in [0, 0.05) is 40.9 Å². The summed E-state index contributed by atoms with van der Waals surface area (Å²) in [5.74, 6) is 2.47. The van der Waals surface area contributed by atoms with Crippen molar-refractivity contribution in [3.8, 4) is 0 Å². The Morgan fingerprint density at radius 1 is 1.22 bits per heavy atom. The average molecular weight is 457 g/mol. The van der Waals surface area contributed by atoms with Gasteiger partial charge >= 0.3 is 0 Å². The largest absolute Gasteiger partial charge is 0.357 e. The molecule has 1 atom stereocenters. The highest BCUT2D eigenvalue weighted by Gasteiger charge is 2.18. The molecular formula is C17H36IN3OS. The Morgan fingerprint density at radius 2 is 1.87 bits per heavy atom. The normalized spacial score (nSPS) is 17.7. The maximum atomic E-state index is 12.0. The van der Waals surface area contributed by atoms with Crippen LogP contribution < -0.4 is 10.6 Å². The fourth-order valence-corrected chi connectivity index (χ4v) is 3.68. The summed E-state index contributed by atoms with van der Waals surface area (Å²) in [4.78, 5) is 4.63. The molecular weight excluding hydrogens is 421 g/mol. The number of halogens is 1. The zero-order chi connectivity index (χ0) is 16.4. The first kappa shape index (κ1) is 23.1. The van der Waals surface area contributed by atoms with Crippen LogP contribution in [0.5, 0.6) is 0 Å². The van der Waals surface area contributed by atoms with Crippen LogP contribution in [0.2, 0.25) is 0 Å². The van der Waals surface area contributed by atoms with Crippen molar-refractivity contribution in [2.75, 3.05) is 25.4 Å². The molecule has 0 heterocycles. The van der Waals surface area contributed by atoms with Crippen LogP contribution in [0.15, 0.2) is 4.99 Å². The van der Waals surface area contributed by atoms with Crippen molar-refractivity contribution in [2.45, 2.75) is 71.0 Å². The van der Waals surface area contributed by atoms with Crippen LogP contribution in [0.3, 0.4) is 0 Å². The summed E-state index contributed by atoms with van der Waals surface area (Å²) >= 11 is 0. The lowest BCUT2D eigenvalue weighted by Gasteiger charge is -2.18. The zero-order valence-corrected chi connectivity index (χ0v) is 18.5. The van der Waals surface area contributed by atoms with Crippen LogP contribution in [-0.4, -0.2) is 40.3 Å². The topological polar surface area (TPSA) is 53.5 Å². The van der Waals surface area contributed by atoms with Gasteiger partial charge in [-0.05, 0) is 46.5 Å². The van der Waals surface area contributed by atoms with Gasteiger partial charge in [-0.2, -0.15) is 0 Å². The minimum atomic E-state index is -0.812. The highest BCUT2D eigenvalue weighted by Crippen LogP contribution is 2.28. The standard InChI is InChI=1S/C17H35N3OS.HI/c1-5-18-16(20-13-14-22(21)17(2,3)4)19-12-8-11-15-9-6-7-10-15;/h15H,5-14H2,1-4H3,(H2,18,19,20);1H. The third kappa shape index (κ3) is 10.6. The number of hydrogen-bond donors (Lipinski definition) is 2. The van der Waals surface area contributed by atoms with E-state index in [-0.39, 0.29) is 28.7 Å². The molecule has 23 heavy (non-hydrogen) atoms. The second-order valence-electron chi connectivity index (χ2n) is 7.14. The quantitative estimate of drug-likeness (QED) is 0.253. The molecule has 138 valence electrons. The summed E-state index contributed by atoms with van der Waals surface area (Å²) in [6.07, 6.45) is 8.17. The lowest BCUT2D eigenvalue weighted by atomic mass is 10.0. The van der Waals surface area contributed by atoms with Gasteiger partial charge in [0.1, 0.15) is 0 Å². The van der Waals surface area contributed by atoms with Crippen molar-refractivity contribution in [3.05, 3.63) is 0 Å². The lowest BCUT2D eigenvalue weighted by molar-refractivity contribution is 0.487. The fraction of sp³-hybridized carbons (Fsp3) is 0.941. The number of guanidine groups is 1. The van der Waals surface area contributed by atoms with Crippen LogP contribution in [0.25, 0.3) is 0 Å². The van der Waals surface area contributed by atoms with Crippen LogP contribution in [0, 0.1) is 5.92 Å². The Labute approximate surface area is 162 Å². The van der Waals surface area contributed by atoms with Crippen molar-refractivity contribution < 1.29 is 4.21 Å². The van der Waals surface area contributed by atoms with E-state index in [1.165, 1.54) is 38.5 Å². The highest BCUT2D eigenvalue weighted by atomic mass is 127. The van der Waals surface area contributed by atoms with Crippen molar-refractivity contribution in [1.82, 2.24) is 10.6 Å². The van der Waals surface area contributed by atoms with Gasteiger partial charge in [0.05, 0.1) is 0 Å². The maximum Gasteiger partial charge on any atom is 0.191 e. The molecule has 6 heteroatoms. The van der Waals surface area contributed by atoms with E-state index in [1.807, 2.05) is 20.8 Å². The van der Waals surface area contributed by atoms with Crippen molar-refractivity contribution in [1.29, 1.82) is 0 Å². The summed E-state index contributed by atoms with van der Waals surface area (Å²) in [5, 5.41) is 6.56. The summed E-state index contributed by atoms with van der Waals surface area (Å²) in [5.41, 5.74) is 0. The molecule has 1 unspecified atom stereocenters. The molecule has 0 saturated heterocycles. The number of hydrogen-bond acceptors (Lipinski definition) is 2. The van der Waals surface area contributed by atoms with E-state index in [0.717, 1.165) is 25.0 Å². The molecule has 1 saturated carbocycles. The van der Waals surface area contributed by atoms with Gasteiger partial charge in [0.25, 0.3) is 0 Å². The third-order valence-electron chi connectivity index (χ3n) is 4.12. The first-order valence-electron chi connectivity index (χ1n) is 8.84. The van der Waals surface area contributed by atoms with Gasteiger partial charge in [-0.1, -0.05) is 25.7 Å². The van der Waals surface area contributed by atoms with Gasteiger partial charge in [-0.15, -0.1) is 24.0 Å². The van der Waals surface area contributed by atoms with E-state index in [9.17, 15) is 4.21 Å². The Hall–Kier alpha value is 0.150. The van der Waals surface area contributed by atoms with Crippen molar-refractivity contribution in [3.63, 3.8) is 0 Å². The van der Waals surface area contributed by atoms with Crippen LogP contribution in [0.4, 0.5) is 0 Å². The minimum absolute atomic E-state index is 0. The van der Waals surface area contributed by atoms with E-state index in [1.54, 1.807) is 0 Å². The fourth-order valence-electron chi connectivity index (χ4n) is 2.78. The van der Waals surface area contributed by atoms with Crippen molar-refractivity contribution in [2.24, 2.45) is 10.9 Å². The Morgan fingerprint density at radius 3 is 2.43 bits per heavy atom. The van der Waals surface area contributed by atoms with Gasteiger partial charge in [0.15, 0.2) is 5.96 Å². The Balaban J connectivity index is 0.00000484. The molecule has 1 rings (SSSR count). The second-order valence-corrected chi connectivity index (χ2v) is 9.47. The number of aliphatic imine (C=N–C) groups is 1.